The number of quaternary nitrogens is 1. The van der Waals surface area contributed by atoms with Crippen molar-refractivity contribution in [2.75, 3.05) is 26.3 Å². The third-order valence-corrected chi connectivity index (χ3v) is 4.55. The highest BCUT2D eigenvalue weighted by Gasteiger charge is 2.30. The molecule has 1 atom stereocenters. The van der Waals surface area contributed by atoms with Crippen LogP contribution in [0.1, 0.15) is 17.0 Å². The second-order valence-electron chi connectivity index (χ2n) is 6.18. The molecule has 0 aliphatic carbocycles. The topological polar surface area (TPSA) is 105 Å². The number of morpholine rings is 1. The van der Waals surface area contributed by atoms with Crippen LogP contribution in [0.2, 0.25) is 5.02 Å². The van der Waals surface area contributed by atoms with E-state index in [1.54, 1.807) is 24.3 Å². The lowest BCUT2D eigenvalue weighted by Gasteiger charge is -2.26. The van der Waals surface area contributed by atoms with E-state index in [1.165, 1.54) is 6.07 Å². The lowest BCUT2D eigenvalue weighted by molar-refractivity contribution is -0.670. The maximum absolute atomic E-state index is 9.58. The number of rotatable bonds is 1. The summed E-state index contributed by atoms with van der Waals surface area (Å²) in [6, 6.07) is 14.1. The molecule has 2 heterocycles. The number of nitrogens with two attached hydrogens (primary N) is 2. The molecular formula is C20H21ClN3O3+. The molecule has 2 aliphatic rings. The molecule has 0 bridgehead atoms. The summed E-state index contributed by atoms with van der Waals surface area (Å²) in [4.78, 5) is 0. The second-order valence-corrected chi connectivity index (χ2v) is 6.62. The van der Waals surface area contributed by atoms with Crippen LogP contribution in [0.25, 0.3) is 0 Å². The summed E-state index contributed by atoms with van der Waals surface area (Å²) >= 11 is 6.04. The Kier molecular flexibility index (Phi) is 6.20. The number of aromatic hydroxyl groups is 1. The molecule has 1 saturated heterocycles. The summed E-state index contributed by atoms with van der Waals surface area (Å²) in [7, 11) is 0. The number of allylic oxidation sites excluding steroid dienone is 1. The van der Waals surface area contributed by atoms with Crippen molar-refractivity contribution < 1.29 is 19.9 Å². The Hall–Kier alpha value is -2.72. The van der Waals surface area contributed by atoms with E-state index < -0.39 is 0 Å². The first-order chi connectivity index (χ1) is 13.1. The van der Waals surface area contributed by atoms with Gasteiger partial charge in [-0.1, -0.05) is 29.8 Å². The summed E-state index contributed by atoms with van der Waals surface area (Å²) in [5.74, 6) is 0.196. The van der Waals surface area contributed by atoms with Gasteiger partial charge in [-0.3, -0.25) is 0 Å². The fourth-order valence-corrected chi connectivity index (χ4v) is 3.25. The van der Waals surface area contributed by atoms with Crippen LogP contribution in [0.4, 0.5) is 0 Å². The molecule has 6 nitrogen and oxygen atoms in total. The van der Waals surface area contributed by atoms with Crippen molar-refractivity contribution in [1.82, 2.24) is 0 Å². The quantitative estimate of drug-likeness (QED) is 0.693. The normalized spacial score (nSPS) is 18.4. The number of ether oxygens (including phenoxy) is 2. The minimum absolute atomic E-state index is 0.0422. The average molecular weight is 387 g/mol. The standard InChI is InChI=1S/C16H11ClN2O2.C4H9NO/c17-10-3-1-2-9(6-10)15-12-5-4-11(20)7-14(12)21-16(19)13(15)8-18;1-3-6-4-2-5-1/h1-7,15,20H,19H2;5H,1-4H2/p+1. The first-order valence-electron chi connectivity index (χ1n) is 8.65. The number of fused-ring (bicyclic) bond motifs is 1. The van der Waals surface area contributed by atoms with E-state index in [0.717, 1.165) is 37.4 Å². The Morgan fingerprint density at radius 3 is 2.56 bits per heavy atom. The zero-order chi connectivity index (χ0) is 19.2. The molecule has 27 heavy (non-hydrogen) atoms. The fraction of sp³-hybridized carbons (Fsp3) is 0.250. The second kappa shape index (κ2) is 8.78. The molecule has 0 saturated carbocycles. The molecule has 2 aliphatic heterocycles. The van der Waals surface area contributed by atoms with Gasteiger partial charge < -0.3 is 25.6 Å². The summed E-state index contributed by atoms with van der Waals surface area (Å²) in [5.41, 5.74) is 7.78. The van der Waals surface area contributed by atoms with Gasteiger partial charge in [0.2, 0.25) is 5.88 Å². The predicted octanol–water partition coefficient (Wildman–Crippen LogP) is 1.84. The molecule has 1 unspecified atom stereocenters. The Balaban J connectivity index is 0.000000299. The molecule has 0 radical (unpaired) electrons. The summed E-state index contributed by atoms with van der Waals surface area (Å²) in [6.07, 6.45) is 0. The van der Waals surface area contributed by atoms with Gasteiger partial charge in [-0.2, -0.15) is 5.26 Å². The van der Waals surface area contributed by atoms with Gasteiger partial charge in [0.05, 0.1) is 32.2 Å². The van der Waals surface area contributed by atoms with Crippen LogP contribution in [0.3, 0.4) is 0 Å². The van der Waals surface area contributed by atoms with E-state index in [4.69, 9.17) is 26.8 Å². The van der Waals surface area contributed by atoms with Crippen molar-refractivity contribution in [3.05, 3.63) is 70.1 Å². The molecular weight excluding hydrogens is 366 g/mol. The summed E-state index contributed by atoms with van der Waals surface area (Å²) in [5, 5.41) is 21.8. The maximum atomic E-state index is 9.58. The van der Waals surface area contributed by atoms with E-state index in [9.17, 15) is 10.4 Å². The van der Waals surface area contributed by atoms with Crippen LogP contribution >= 0.6 is 11.6 Å². The zero-order valence-corrected chi connectivity index (χ0v) is 15.4. The Morgan fingerprint density at radius 2 is 1.96 bits per heavy atom. The lowest BCUT2D eigenvalue weighted by Crippen LogP contribution is -2.87. The molecule has 5 N–H and O–H groups in total. The van der Waals surface area contributed by atoms with Gasteiger partial charge in [-0.05, 0) is 23.8 Å². The number of phenolic OH excluding ortho intramolecular Hbond substituents is 1. The van der Waals surface area contributed by atoms with Crippen molar-refractivity contribution in [2.45, 2.75) is 5.92 Å². The Bertz CT molecular complexity index is 877. The van der Waals surface area contributed by atoms with Crippen molar-refractivity contribution in [3.63, 3.8) is 0 Å². The van der Waals surface area contributed by atoms with Gasteiger partial charge in [0.1, 0.15) is 23.1 Å². The lowest BCUT2D eigenvalue weighted by atomic mass is 9.83. The van der Waals surface area contributed by atoms with Crippen molar-refractivity contribution in [1.29, 1.82) is 5.26 Å². The molecule has 7 heteroatoms. The van der Waals surface area contributed by atoms with Gasteiger partial charge in [0.25, 0.3) is 0 Å². The van der Waals surface area contributed by atoms with E-state index >= 15 is 0 Å². The van der Waals surface area contributed by atoms with E-state index in [1.807, 2.05) is 12.1 Å². The van der Waals surface area contributed by atoms with E-state index in [-0.39, 0.29) is 17.6 Å². The number of hydrogen-bond acceptors (Lipinski definition) is 5. The van der Waals surface area contributed by atoms with Crippen molar-refractivity contribution in [3.8, 4) is 17.6 Å². The highest BCUT2D eigenvalue weighted by atomic mass is 35.5. The summed E-state index contributed by atoms with van der Waals surface area (Å²) in [6.45, 7) is 4.19. The number of hydrogen-bond donors (Lipinski definition) is 3. The Morgan fingerprint density at radius 1 is 1.19 bits per heavy atom. The number of nitriles is 1. The first kappa shape index (κ1) is 19.1. The number of nitrogens with zero attached hydrogens (tertiary/aromatic N) is 1. The third-order valence-electron chi connectivity index (χ3n) is 4.32. The Labute approximate surface area is 162 Å². The van der Waals surface area contributed by atoms with Crippen molar-refractivity contribution >= 4 is 11.6 Å². The van der Waals surface area contributed by atoms with Gasteiger partial charge in [0.15, 0.2) is 0 Å². The number of phenols is 1. The van der Waals surface area contributed by atoms with Crippen LogP contribution in [-0.4, -0.2) is 31.4 Å². The number of benzene rings is 2. The van der Waals surface area contributed by atoms with Crippen LogP contribution in [-0.2, 0) is 4.74 Å². The van der Waals surface area contributed by atoms with Crippen molar-refractivity contribution in [2.24, 2.45) is 5.73 Å². The molecule has 2 aromatic carbocycles. The number of halogens is 1. The van der Waals surface area contributed by atoms with Crippen LogP contribution < -0.4 is 15.8 Å². The van der Waals surface area contributed by atoms with Crippen LogP contribution in [0.5, 0.6) is 11.5 Å². The predicted molar refractivity (Wildman–Crippen MR) is 101 cm³/mol. The molecule has 0 spiro atoms. The van der Waals surface area contributed by atoms with E-state index in [2.05, 4.69) is 11.4 Å². The monoisotopic (exact) mass is 386 g/mol. The minimum atomic E-state index is -0.363. The highest BCUT2D eigenvalue weighted by Crippen LogP contribution is 2.43. The smallest absolute Gasteiger partial charge is 0.205 e. The third kappa shape index (κ3) is 4.52. The molecule has 0 aromatic heterocycles. The molecule has 0 amide bonds. The van der Waals surface area contributed by atoms with Gasteiger partial charge in [-0.15, -0.1) is 0 Å². The van der Waals surface area contributed by atoms with Crippen LogP contribution in [0, 0.1) is 11.3 Å². The van der Waals surface area contributed by atoms with E-state index in [0.29, 0.717) is 16.3 Å². The van der Waals surface area contributed by atoms with Gasteiger partial charge >= 0.3 is 0 Å². The molecule has 2 aromatic rings. The molecule has 1 fully saturated rings. The zero-order valence-electron chi connectivity index (χ0n) is 14.7. The first-order valence-corrected chi connectivity index (χ1v) is 9.03. The minimum Gasteiger partial charge on any atom is -0.508 e. The SMILES string of the molecule is C1COCC[NH2+]1.N#CC1=C(N)Oc2cc(O)ccc2C1c1cccc(Cl)c1. The maximum Gasteiger partial charge on any atom is 0.205 e. The van der Waals surface area contributed by atoms with Gasteiger partial charge in [-0.25, -0.2) is 0 Å². The molecule has 140 valence electrons. The average Bonchev–Trinajstić information content (AvgIpc) is 2.68. The van der Waals surface area contributed by atoms with Crippen LogP contribution in [0.15, 0.2) is 53.9 Å². The summed E-state index contributed by atoms with van der Waals surface area (Å²) < 4.78 is 10.5. The van der Waals surface area contributed by atoms with Gasteiger partial charge in [0, 0.05) is 16.7 Å². The fourth-order valence-electron chi connectivity index (χ4n) is 3.05. The highest BCUT2D eigenvalue weighted by molar-refractivity contribution is 6.30. The largest absolute Gasteiger partial charge is 0.508 e. The molecule has 4 rings (SSSR count).